The maximum atomic E-state index is 5.36. The molecule has 1 N–H and O–H groups in total. The molecule has 0 fully saturated rings. The molecule has 2 heterocycles. The molecule has 0 unspecified atom stereocenters. The van der Waals surface area contributed by atoms with Crippen LogP contribution in [-0.2, 0) is 0 Å². The van der Waals surface area contributed by atoms with Gasteiger partial charge in [0.15, 0.2) is 5.76 Å². The van der Waals surface area contributed by atoms with Gasteiger partial charge < -0.3 is 9.73 Å². The molecule has 66 valence electrons. The molecule has 2 aromatic rings. The number of aromatic nitrogens is 2. The molecule has 0 saturated carbocycles. The molecule has 13 heavy (non-hydrogen) atoms. The molecule has 0 atom stereocenters. The lowest BCUT2D eigenvalue weighted by molar-refractivity contribution is 0.589. The van der Waals surface area contributed by atoms with Crippen LogP contribution in [0.15, 0.2) is 35.1 Å². The van der Waals surface area contributed by atoms with Crippen molar-refractivity contribution in [2.75, 3.05) is 12.4 Å². The number of oxazole rings is 1. The Hall–Kier alpha value is -1.84. The van der Waals surface area contributed by atoms with Crippen LogP contribution in [0.3, 0.4) is 0 Å². The topological polar surface area (TPSA) is 51.0 Å². The Balaban J connectivity index is 2.36. The van der Waals surface area contributed by atoms with Crippen LogP contribution >= 0.6 is 0 Å². The highest BCUT2D eigenvalue weighted by Gasteiger charge is 2.03. The van der Waals surface area contributed by atoms with E-state index in [0.29, 0.717) is 6.01 Å². The number of pyridine rings is 1. The Morgan fingerprint density at radius 3 is 2.92 bits per heavy atom. The fourth-order valence-electron chi connectivity index (χ4n) is 1.03. The molecule has 0 aromatic carbocycles. The highest BCUT2D eigenvalue weighted by molar-refractivity contribution is 5.55. The first-order valence-corrected chi connectivity index (χ1v) is 3.94. The summed E-state index contributed by atoms with van der Waals surface area (Å²) in [7, 11) is 1.76. The molecule has 2 aromatic heterocycles. The molecule has 0 amide bonds. The van der Waals surface area contributed by atoms with Gasteiger partial charge in [-0.15, -0.1) is 0 Å². The second kappa shape index (κ2) is 3.26. The predicted octanol–water partition coefficient (Wildman–Crippen LogP) is 1.78. The van der Waals surface area contributed by atoms with Crippen molar-refractivity contribution in [1.29, 1.82) is 0 Å². The Morgan fingerprint density at radius 1 is 1.38 bits per heavy atom. The van der Waals surface area contributed by atoms with Crippen LogP contribution in [0.2, 0.25) is 0 Å². The number of hydrogen-bond donors (Lipinski definition) is 1. The lowest BCUT2D eigenvalue weighted by Gasteiger charge is -1.93. The fraction of sp³-hybridized carbons (Fsp3) is 0.111. The van der Waals surface area contributed by atoms with Crippen LogP contribution in [-0.4, -0.2) is 17.0 Å². The van der Waals surface area contributed by atoms with E-state index in [4.69, 9.17) is 4.42 Å². The second-order valence-corrected chi connectivity index (χ2v) is 2.52. The first kappa shape index (κ1) is 7.79. The minimum absolute atomic E-state index is 0.513. The molecule has 4 heteroatoms. The summed E-state index contributed by atoms with van der Waals surface area (Å²) in [5.41, 5.74) is 0.927. The number of hydrogen-bond acceptors (Lipinski definition) is 4. The van der Waals surface area contributed by atoms with Crippen LogP contribution in [0.4, 0.5) is 6.01 Å². The van der Waals surface area contributed by atoms with Crippen LogP contribution in [0.25, 0.3) is 11.3 Å². The van der Waals surface area contributed by atoms with Gasteiger partial charge in [0.1, 0.15) is 0 Å². The molecule has 0 aliphatic rings. The molecule has 2 rings (SSSR count). The number of nitrogens with one attached hydrogen (secondary N) is 1. The predicted molar refractivity (Wildman–Crippen MR) is 49.3 cm³/mol. The van der Waals surface area contributed by atoms with Gasteiger partial charge in [-0.25, -0.2) is 4.98 Å². The van der Waals surface area contributed by atoms with E-state index >= 15 is 0 Å². The van der Waals surface area contributed by atoms with E-state index in [9.17, 15) is 0 Å². The van der Waals surface area contributed by atoms with Gasteiger partial charge in [0.25, 0.3) is 6.01 Å². The Bertz CT molecular complexity index is 383. The van der Waals surface area contributed by atoms with Gasteiger partial charge in [0.05, 0.1) is 6.20 Å². The summed E-state index contributed by atoms with van der Waals surface area (Å²) in [6.07, 6.45) is 5.13. The zero-order valence-electron chi connectivity index (χ0n) is 7.19. The first-order chi connectivity index (χ1) is 6.40. The van der Waals surface area contributed by atoms with E-state index in [1.807, 2.05) is 12.1 Å². The summed E-state index contributed by atoms with van der Waals surface area (Å²) in [5.74, 6) is 0.720. The Labute approximate surface area is 75.6 Å². The molecule has 0 radical (unpaired) electrons. The third-order valence-corrected chi connectivity index (χ3v) is 1.67. The highest BCUT2D eigenvalue weighted by atomic mass is 16.4. The largest absolute Gasteiger partial charge is 0.424 e. The quantitative estimate of drug-likeness (QED) is 0.755. The average molecular weight is 175 g/mol. The van der Waals surface area contributed by atoms with Crippen LogP contribution in [0.5, 0.6) is 0 Å². The van der Waals surface area contributed by atoms with E-state index in [0.717, 1.165) is 11.3 Å². The standard InChI is InChI=1S/C9H9N3O/c1-10-9-12-6-8(13-9)7-3-2-4-11-5-7/h2-6H,1H3,(H,10,12). The van der Waals surface area contributed by atoms with Crippen LogP contribution in [0, 0.1) is 0 Å². The number of nitrogens with zero attached hydrogens (tertiary/aromatic N) is 2. The SMILES string of the molecule is CNc1ncc(-c2cccnc2)o1. The van der Waals surface area contributed by atoms with Gasteiger partial charge in [0, 0.05) is 25.0 Å². The van der Waals surface area contributed by atoms with Gasteiger partial charge in [-0.1, -0.05) is 0 Å². The molecule has 4 nitrogen and oxygen atoms in total. The van der Waals surface area contributed by atoms with Crippen molar-refractivity contribution < 1.29 is 4.42 Å². The van der Waals surface area contributed by atoms with E-state index in [1.165, 1.54) is 0 Å². The van der Waals surface area contributed by atoms with E-state index in [-0.39, 0.29) is 0 Å². The van der Waals surface area contributed by atoms with Crippen molar-refractivity contribution in [3.8, 4) is 11.3 Å². The second-order valence-electron chi connectivity index (χ2n) is 2.52. The lowest BCUT2D eigenvalue weighted by Crippen LogP contribution is -1.85. The van der Waals surface area contributed by atoms with Crippen LogP contribution in [0.1, 0.15) is 0 Å². The van der Waals surface area contributed by atoms with Gasteiger partial charge >= 0.3 is 0 Å². The molecule has 0 saturated heterocycles. The van der Waals surface area contributed by atoms with Crippen molar-refractivity contribution in [2.45, 2.75) is 0 Å². The zero-order chi connectivity index (χ0) is 9.10. The minimum atomic E-state index is 0.513. The van der Waals surface area contributed by atoms with Crippen molar-refractivity contribution in [2.24, 2.45) is 0 Å². The van der Waals surface area contributed by atoms with Gasteiger partial charge in [-0.05, 0) is 12.1 Å². The summed E-state index contributed by atoms with van der Waals surface area (Å²) in [5, 5.41) is 2.82. The molecule has 0 bridgehead atoms. The molecule has 0 spiro atoms. The first-order valence-electron chi connectivity index (χ1n) is 3.94. The van der Waals surface area contributed by atoms with Crippen LogP contribution < -0.4 is 5.32 Å². The molecule has 0 aliphatic heterocycles. The monoisotopic (exact) mass is 175 g/mol. The summed E-state index contributed by atoms with van der Waals surface area (Å²) >= 11 is 0. The smallest absolute Gasteiger partial charge is 0.294 e. The average Bonchev–Trinajstić information content (AvgIpc) is 2.67. The van der Waals surface area contributed by atoms with E-state index in [2.05, 4.69) is 15.3 Å². The van der Waals surface area contributed by atoms with Crippen molar-refractivity contribution in [3.63, 3.8) is 0 Å². The molecule has 0 aliphatic carbocycles. The Morgan fingerprint density at radius 2 is 2.31 bits per heavy atom. The maximum Gasteiger partial charge on any atom is 0.294 e. The lowest BCUT2D eigenvalue weighted by atomic mass is 10.2. The minimum Gasteiger partial charge on any atom is -0.424 e. The van der Waals surface area contributed by atoms with E-state index < -0.39 is 0 Å². The van der Waals surface area contributed by atoms with Gasteiger partial charge in [0.2, 0.25) is 0 Å². The van der Waals surface area contributed by atoms with Crippen molar-refractivity contribution in [1.82, 2.24) is 9.97 Å². The van der Waals surface area contributed by atoms with Crippen molar-refractivity contribution >= 4 is 6.01 Å². The molecular formula is C9H9N3O. The third kappa shape index (κ3) is 1.51. The number of rotatable bonds is 2. The fourth-order valence-corrected chi connectivity index (χ4v) is 1.03. The van der Waals surface area contributed by atoms with Gasteiger partial charge in [-0.3, -0.25) is 4.98 Å². The highest BCUT2D eigenvalue weighted by Crippen LogP contribution is 2.20. The zero-order valence-corrected chi connectivity index (χ0v) is 7.19. The maximum absolute atomic E-state index is 5.36. The summed E-state index contributed by atoms with van der Waals surface area (Å²) in [4.78, 5) is 7.99. The molecular weight excluding hydrogens is 166 g/mol. The number of anilines is 1. The summed E-state index contributed by atoms with van der Waals surface area (Å²) < 4.78 is 5.36. The third-order valence-electron chi connectivity index (χ3n) is 1.67. The summed E-state index contributed by atoms with van der Waals surface area (Å²) in [6.45, 7) is 0. The van der Waals surface area contributed by atoms with E-state index in [1.54, 1.807) is 25.6 Å². The van der Waals surface area contributed by atoms with Gasteiger partial charge in [-0.2, -0.15) is 0 Å². The normalized spacial score (nSPS) is 9.92. The summed E-state index contributed by atoms with van der Waals surface area (Å²) in [6, 6.07) is 4.29. The van der Waals surface area contributed by atoms with Crippen molar-refractivity contribution in [3.05, 3.63) is 30.7 Å². The Kier molecular flexibility index (Phi) is 1.96.